The second kappa shape index (κ2) is 8.68. The normalized spacial score (nSPS) is 18.8. The van der Waals surface area contributed by atoms with Crippen molar-refractivity contribution < 1.29 is 19.1 Å². The van der Waals surface area contributed by atoms with E-state index in [1.165, 1.54) is 6.42 Å². The van der Waals surface area contributed by atoms with Gasteiger partial charge in [-0.2, -0.15) is 0 Å². The van der Waals surface area contributed by atoms with Crippen molar-refractivity contribution in [3.63, 3.8) is 0 Å². The number of hydrogen-bond acceptors (Lipinski definition) is 4. The number of nitrogens with one attached hydrogen (secondary N) is 2. The van der Waals surface area contributed by atoms with Crippen LogP contribution in [-0.4, -0.2) is 36.0 Å². The Kier molecular flexibility index (Phi) is 7.44. The molecule has 1 aliphatic rings. The summed E-state index contributed by atoms with van der Waals surface area (Å²) in [6.07, 6.45) is 6.03. The molecule has 0 spiro atoms. The molecule has 6 heteroatoms. The third kappa shape index (κ3) is 7.45. The van der Waals surface area contributed by atoms with Gasteiger partial charge in [-0.25, -0.2) is 9.59 Å². The van der Waals surface area contributed by atoms with Crippen LogP contribution < -0.4 is 10.6 Å². The van der Waals surface area contributed by atoms with Gasteiger partial charge in [0.05, 0.1) is 6.04 Å². The molecule has 0 radical (unpaired) electrons. The summed E-state index contributed by atoms with van der Waals surface area (Å²) in [6, 6.07) is -1.82. The van der Waals surface area contributed by atoms with Gasteiger partial charge in [0.2, 0.25) is 0 Å². The highest BCUT2D eigenvalue weighted by molar-refractivity contribution is 5.85. The molecule has 2 unspecified atom stereocenters. The summed E-state index contributed by atoms with van der Waals surface area (Å²) in [5.41, 5.74) is -1.15. The van der Waals surface area contributed by atoms with Gasteiger partial charge in [-0.15, -0.1) is 0 Å². The predicted octanol–water partition coefficient (Wildman–Crippen LogP) is 3.19. The number of amides is 2. The molecule has 0 heterocycles. The SMILES string of the molecule is CC(C)(C)OC(=O)C(NC(=O)NC(C=O)C1CCCCC1)C(C)(C)C. The molecule has 1 fully saturated rings. The number of ether oxygens (including phenoxy) is 1. The lowest BCUT2D eigenvalue weighted by Gasteiger charge is -2.33. The molecule has 0 saturated heterocycles. The number of urea groups is 1. The second-order valence-corrected chi connectivity index (χ2v) is 9.01. The Balaban J connectivity index is 2.73. The van der Waals surface area contributed by atoms with Crippen LogP contribution in [-0.2, 0) is 14.3 Å². The Morgan fingerprint density at radius 3 is 2.00 bits per heavy atom. The van der Waals surface area contributed by atoms with E-state index in [0.717, 1.165) is 32.0 Å². The van der Waals surface area contributed by atoms with Crippen molar-refractivity contribution in [2.75, 3.05) is 0 Å². The van der Waals surface area contributed by atoms with Gasteiger partial charge in [0.25, 0.3) is 0 Å². The van der Waals surface area contributed by atoms with Crippen LogP contribution >= 0.6 is 0 Å². The first-order chi connectivity index (χ1) is 11.4. The van der Waals surface area contributed by atoms with Gasteiger partial charge in [0.15, 0.2) is 0 Å². The van der Waals surface area contributed by atoms with Crippen LogP contribution in [0.25, 0.3) is 0 Å². The van der Waals surface area contributed by atoms with E-state index < -0.39 is 35.1 Å². The monoisotopic (exact) mass is 354 g/mol. The van der Waals surface area contributed by atoms with Gasteiger partial charge in [-0.1, -0.05) is 40.0 Å². The summed E-state index contributed by atoms with van der Waals surface area (Å²) in [6.45, 7) is 10.9. The smallest absolute Gasteiger partial charge is 0.329 e. The summed E-state index contributed by atoms with van der Waals surface area (Å²) in [5, 5.41) is 5.43. The second-order valence-electron chi connectivity index (χ2n) is 9.01. The molecule has 1 rings (SSSR count). The van der Waals surface area contributed by atoms with E-state index in [2.05, 4.69) is 10.6 Å². The summed E-state index contributed by atoms with van der Waals surface area (Å²) in [5.74, 6) is -0.304. The molecular weight excluding hydrogens is 320 g/mol. The fourth-order valence-corrected chi connectivity index (χ4v) is 3.07. The largest absolute Gasteiger partial charge is 0.458 e. The van der Waals surface area contributed by atoms with E-state index in [1.807, 2.05) is 20.8 Å². The molecule has 0 aliphatic heterocycles. The molecule has 2 amide bonds. The summed E-state index contributed by atoms with van der Waals surface area (Å²) >= 11 is 0. The first-order valence-electron chi connectivity index (χ1n) is 9.19. The standard InChI is InChI=1S/C19H34N2O4/c1-18(2,3)15(16(23)25-19(4,5)6)21-17(24)20-14(12-22)13-10-8-7-9-11-13/h12-15H,7-11H2,1-6H3,(H2,20,21,24). The number of carbonyl (C=O) groups excluding carboxylic acids is 3. The molecular formula is C19H34N2O4. The Morgan fingerprint density at radius 1 is 1.00 bits per heavy atom. The zero-order valence-corrected chi connectivity index (χ0v) is 16.5. The number of rotatable bonds is 5. The highest BCUT2D eigenvalue weighted by Crippen LogP contribution is 2.26. The third-order valence-electron chi connectivity index (χ3n) is 4.39. The van der Waals surface area contributed by atoms with E-state index in [-0.39, 0.29) is 5.92 Å². The average molecular weight is 354 g/mol. The van der Waals surface area contributed by atoms with E-state index in [9.17, 15) is 14.4 Å². The Hall–Kier alpha value is -1.59. The number of aldehydes is 1. The zero-order chi connectivity index (χ0) is 19.3. The van der Waals surface area contributed by atoms with Crippen molar-refractivity contribution in [3.8, 4) is 0 Å². The molecule has 1 aliphatic carbocycles. The number of carbonyl (C=O) groups is 3. The van der Waals surface area contributed by atoms with Crippen molar-refractivity contribution in [1.82, 2.24) is 10.6 Å². The Morgan fingerprint density at radius 2 is 1.56 bits per heavy atom. The minimum absolute atomic E-state index is 0.173. The van der Waals surface area contributed by atoms with Gasteiger partial charge in [-0.3, -0.25) is 0 Å². The Bertz CT molecular complexity index is 471. The molecule has 2 N–H and O–H groups in total. The molecule has 2 atom stereocenters. The molecule has 1 saturated carbocycles. The van der Waals surface area contributed by atoms with E-state index >= 15 is 0 Å². The fourth-order valence-electron chi connectivity index (χ4n) is 3.07. The van der Waals surface area contributed by atoms with Crippen LogP contribution in [0.1, 0.15) is 73.6 Å². The first-order valence-corrected chi connectivity index (χ1v) is 9.19. The highest BCUT2D eigenvalue weighted by atomic mass is 16.6. The molecule has 144 valence electrons. The van der Waals surface area contributed by atoms with Crippen molar-refractivity contribution in [1.29, 1.82) is 0 Å². The van der Waals surface area contributed by atoms with Gasteiger partial charge < -0.3 is 20.2 Å². The lowest BCUT2D eigenvalue weighted by molar-refractivity contribution is -0.160. The summed E-state index contributed by atoms with van der Waals surface area (Å²) < 4.78 is 5.42. The topological polar surface area (TPSA) is 84.5 Å². The summed E-state index contributed by atoms with van der Waals surface area (Å²) in [4.78, 5) is 36.3. The lowest BCUT2D eigenvalue weighted by atomic mass is 9.84. The van der Waals surface area contributed by atoms with Crippen molar-refractivity contribution in [3.05, 3.63) is 0 Å². The molecule has 6 nitrogen and oxygen atoms in total. The molecule has 0 aromatic carbocycles. The summed E-state index contributed by atoms with van der Waals surface area (Å²) in [7, 11) is 0. The van der Waals surface area contributed by atoms with Crippen LogP contribution in [0.5, 0.6) is 0 Å². The number of esters is 1. The van der Waals surface area contributed by atoms with E-state index in [1.54, 1.807) is 20.8 Å². The average Bonchev–Trinajstić information content (AvgIpc) is 2.48. The highest BCUT2D eigenvalue weighted by Gasteiger charge is 2.36. The molecule has 0 aromatic heterocycles. The van der Waals surface area contributed by atoms with Gasteiger partial charge in [0.1, 0.15) is 17.9 Å². The minimum Gasteiger partial charge on any atom is -0.458 e. The fraction of sp³-hybridized carbons (Fsp3) is 0.842. The van der Waals surface area contributed by atoms with Crippen LogP contribution in [0.4, 0.5) is 4.79 Å². The van der Waals surface area contributed by atoms with Crippen molar-refractivity contribution in [2.24, 2.45) is 11.3 Å². The van der Waals surface area contributed by atoms with Crippen molar-refractivity contribution >= 4 is 18.3 Å². The zero-order valence-electron chi connectivity index (χ0n) is 16.5. The first kappa shape index (κ1) is 21.5. The predicted molar refractivity (Wildman–Crippen MR) is 97.2 cm³/mol. The van der Waals surface area contributed by atoms with Gasteiger partial charge >= 0.3 is 12.0 Å². The van der Waals surface area contributed by atoms with Crippen molar-refractivity contribution in [2.45, 2.75) is 91.3 Å². The quantitative estimate of drug-likeness (QED) is 0.586. The maximum absolute atomic E-state index is 12.5. The van der Waals surface area contributed by atoms with Gasteiger partial charge in [0, 0.05) is 0 Å². The van der Waals surface area contributed by atoms with Gasteiger partial charge in [-0.05, 0) is 44.9 Å². The Labute approximate surface area is 151 Å². The van der Waals surface area contributed by atoms with E-state index in [4.69, 9.17) is 4.74 Å². The van der Waals surface area contributed by atoms with E-state index in [0.29, 0.717) is 0 Å². The maximum atomic E-state index is 12.5. The van der Waals surface area contributed by atoms with Crippen LogP contribution in [0.2, 0.25) is 0 Å². The molecule has 0 aromatic rings. The molecule has 0 bridgehead atoms. The minimum atomic E-state index is -0.801. The number of hydrogen-bond donors (Lipinski definition) is 2. The van der Waals surface area contributed by atoms with Crippen LogP contribution in [0.15, 0.2) is 0 Å². The maximum Gasteiger partial charge on any atom is 0.329 e. The lowest BCUT2D eigenvalue weighted by Crippen LogP contribution is -2.56. The molecule has 25 heavy (non-hydrogen) atoms. The van der Waals surface area contributed by atoms with Crippen LogP contribution in [0, 0.1) is 11.3 Å². The van der Waals surface area contributed by atoms with Crippen LogP contribution in [0.3, 0.4) is 0 Å². The third-order valence-corrected chi connectivity index (χ3v) is 4.39.